The maximum Gasteiger partial charge on any atom is 0.257 e. The third kappa shape index (κ3) is 4.53. The van der Waals surface area contributed by atoms with Crippen LogP contribution in [0.15, 0.2) is 24.5 Å². The first kappa shape index (κ1) is 18.7. The van der Waals surface area contributed by atoms with Crippen molar-refractivity contribution in [2.75, 3.05) is 5.32 Å². The molecule has 1 aromatic carbocycles. The average Bonchev–Trinajstić information content (AvgIpc) is 3.23. The quantitative estimate of drug-likeness (QED) is 0.754. The Bertz CT molecular complexity index is 834. The van der Waals surface area contributed by atoms with E-state index >= 15 is 0 Å². The summed E-state index contributed by atoms with van der Waals surface area (Å²) in [6.45, 7) is 0.0582. The van der Waals surface area contributed by atoms with Gasteiger partial charge in [-0.2, -0.15) is 5.10 Å². The van der Waals surface area contributed by atoms with Gasteiger partial charge in [0.15, 0.2) is 0 Å². The number of anilines is 1. The van der Waals surface area contributed by atoms with Crippen LogP contribution in [0.3, 0.4) is 0 Å². The molecule has 6 nitrogen and oxygen atoms in total. The van der Waals surface area contributed by atoms with E-state index in [1.54, 1.807) is 0 Å². The Labute approximate surface area is 159 Å². The van der Waals surface area contributed by atoms with E-state index in [2.05, 4.69) is 15.7 Å². The van der Waals surface area contributed by atoms with Crippen molar-refractivity contribution in [1.29, 1.82) is 0 Å². The van der Waals surface area contributed by atoms with Gasteiger partial charge in [0, 0.05) is 12.2 Å². The number of halogens is 3. The maximum atomic E-state index is 13.5. The van der Waals surface area contributed by atoms with Crippen molar-refractivity contribution in [3.8, 4) is 0 Å². The van der Waals surface area contributed by atoms with E-state index in [1.165, 1.54) is 23.1 Å². The first-order valence-electron chi connectivity index (χ1n) is 8.20. The minimum atomic E-state index is -0.736. The molecule has 1 aliphatic rings. The monoisotopic (exact) mass is 398 g/mol. The molecule has 3 rings (SSSR count). The average molecular weight is 399 g/mol. The second kappa shape index (κ2) is 8.05. The highest BCUT2D eigenvalue weighted by Gasteiger charge is 2.18. The van der Waals surface area contributed by atoms with Crippen LogP contribution in [0, 0.1) is 5.82 Å². The SMILES string of the molecule is O=C(Cn1cc(NC(=O)c2cc(F)c(Cl)cc2Cl)cn1)NC1CCCC1. The number of aromatic nitrogens is 2. The highest BCUT2D eigenvalue weighted by Crippen LogP contribution is 2.25. The van der Waals surface area contributed by atoms with Gasteiger partial charge in [0.2, 0.25) is 5.91 Å². The molecule has 1 saturated carbocycles. The lowest BCUT2D eigenvalue weighted by molar-refractivity contribution is -0.122. The Hall–Kier alpha value is -2.12. The molecule has 26 heavy (non-hydrogen) atoms. The summed E-state index contributed by atoms with van der Waals surface area (Å²) < 4.78 is 15.0. The molecule has 0 atom stereocenters. The van der Waals surface area contributed by atoms with Crippen LogP contribution >= 0.6 is 23.2 Å². The fourth-order valence-electron chi connectivity index (χ4n) is 2.90. The molecular formula is C17H17Cl2FN4O2. The van der Waals surface area contributed by atoms with Crippen LogP contribution in [0.2, 0.25) is 10.0 Å². The van der Waals surface area contributed by atoms with Crippen molar-refractivity contribution in [1.82, 2.24) is 15.1 Å². The molecule has 1 fully saturated rings. The van der Waals surface area contributed by atoms with Gasteiger partial charge in [-0.15, -0.1) is 0 Å². The Balaban J connectivity index is 1.60. The third-order valence-corrected chi connectivity index (χ3v) is 4.77. The summed E-state index contributed by atoms with van der Waals surface area (Å²) in [6, 6.07) is 2.38. The van der Waals surface area contributed by atoms with Gasteiger partial charge in [0.25, 0.3) is 5.91 Å². The molecule has 138 valence electrons. The number of carbonyl (C=O) groups is 2. The van der Waals surface area contributed by atoms with Crippen LogP contribution in [0.5, 0.6) is 0 Å². The van der Waals surface area contributed by atoms with Crippen LogP contribution < -0.4 is 10.6 Å². The van der Waals surface area contributed by atoms with Crippen molar-refractivity contribution < 1.29 is 14.0 Å². The van der Waals surface area contributed by atoms with Gasteiger partial charge in [0.05, 0.1) is 27.5 Å². The van der Waals surface area contributed by atoms with Crippen molar-refractivity contribution in [3.63, 3.8) is 0 Å². The lowest BCUT2D eigenvalue weighted by Gasteiger charge is -2.11. The number of rotatable bonds is 5. The highest BCUT2D eigenvalue weighted by molar-refractivity contribution is 6.37. The third-order valence-electron chi connectivity index (χ3n) is 4.17. The molecule has 0 spiro atoms. The standard InChI is InChI=1S/C17H17Cl2FN4O2/c18-13-6-14(19)15(20)5-12(13)17(26)23-11-7-21-24(8-11)9-16(25)22-10-3-1-2-4-10/h5-8,10H,1-4,9H2,(H,22,25)(H,23,26). The molecule has 1 heterocycles. The second-order valence-corrected chi connectivity index (χ2v) is 6.99. The summed E-state index contributed by atoms with van der Waals surface area (Å²) in [5, 5.41) is 9.45. The minimum absolute atomic E-state index is 0.0391. The van der Waals surface area contributed by atoms with Gasteiger partial charge in [-0.3, -0.25) is 14.3 Å². The number of carbonyl (C=O) groups excluding carboxylic acids is 2. The topological polar surface area (TPSA) is 76.0 Å². The van der Waals surface area contributed by atoms with Crippen molar-refractivity contribution >= 4 is 40.7 Å². The van der Waals surface area contributed by atoms with Crippen LogP contribution in [0.4, 0.5) is 10.1 Å². The Kier molecular flexibility index (Phi) is 5.78. The van der Waals surface area contributed by atoms with E-state index in [9.17, 15) is 14.0 Å². The molecule has 0 radical (unpaired) electrons. The van der Waals surface area contributed by atoms with Gasteiger partial charge < -0.3 is 10.6 Å². The van der Waals surface area contributed by atoms with E-state index in [1.807, 2.05) is 0 Å². The lowest BCUT2D eigenvalue weighted by atomic mass is 10.2. The van der Waals surface area contributed by atoms with Crippen LogP contribution in [-0.2, 0) is 11.3 Å². The Morgan fingerprint density at radius 2 is 1.96 bits per heavy atom. The summed E-state index contributed by atoms with van der Waals surface area (Å²) in [5.74, 6) is -1.46. The van der Waals surface area contributed by atoms with E-state index in [0.29, 0.717) is 5.69 Å². The van der Waals surface area contributed by atoms with Crippen LogP contribution in [0.25, 0.3) is 0 Å². The van der Waals surface area contributed by atoms with Gasteiger partial charge in [-0.05, 0) is 25.0 Å². The molecule has 2 N–H and O–H groups in total. The summed E-state index contributed by atoms with van der Waals surface area (Å²) in [5.41, 5.74) is 0.329. The number of nitrogens with zero attached hydrogens (tertiary/aromatic N) is 2. The van der Waals surface area contributed by atoms with Crippen LogP contribution in [-0.4, -0.2) is 27.6 Å². The number of hydrogen-bond donors (Lipinski definition) is 2. The van der Waals surface area contributed by atoms with Crippen LogP contribution in [0.1, 0.15) is 36.0 Å². The molecule has 0 saturated heterocycles. The molecule has 1 aliphatic carbocycles. The molecule has 0 unspecified atom stereocenters. The number of amides is 2. The van der Waals surface area contributed by atoms with Gasteiger partial charge in [0.1, 0.15) is 12.4 Å². The molecule has 2 amide bonds. The van der Waals surface area contributed by atoms with E-state index in [-0.39, 0.29) is 34.1 Å². The normalized spacial score (nSPS) is 14.4. The van der Waals surface area contributed by atoms with E-state index in [4.69, 9.17) is 23.2 Å². The second-order valence-electron chi connectivity index (χ2n) is 6.18. The first-order valence-corrected chi connectivity index (χ1v) is 8.95. The largest absolute Gasteiger partial charge is 0.352 e. The van der Waals surface area contributed by atoms with Gasteiger partial charge in [-0.1, -0.05) is 36.0 Å². The number of benzene rings is 1. The maximum absolute atomic E-state index is 13.5. The van der Waals surface area contributed by atoms with Crippen molar-refractivity contribution in [3.05, 3.63) is 46.0 Å². The first-order chi connectivity index (χ1) is 12.4. The molecule has 2 aromatic rings. The smallest absolute Gasteiger partial charge is 0.257 e. The Morgan fingerprint density at radius 3 is 2.69 bits per heavy atom. The van der Waals surface area contributed by atoms with Gasteiger partial charge in [-0.25, -0.2) is 4.39 Å². The molecule has 0 aliphatic heterocycles. The molecule has 0 bridgehead atoms. The highest BCUT2D eigenvalue weighted by atomic mass is 35.5. The number of hydrogen-bond acceptors (Lipinski definition) is 3. The van der Waals surface area contributed by atoms with E-state index in [0.717, 1.165) is 31.7 Å². The predicted octanol–water partition coefficient (Wildman–Crippen LogP) is 3.64. The minimum Gasteiger partial charge on any atom is -0.352 e. The summed E-state index contributed by atoms with van der Waals surface area (Å²) in [6.07, 6.45) is 7.20. The van der Waals surface area contributed by atoms with Crippen molar-refractivity contribution in [2.24, 2.45) is 0 Å². The molecular weight excluding hydrogens is 382 g/mol. The molecule has 1 aromatic heterocycles. The molecule has 9 heteroatoms. The zero-order valence-corrected chi connectivity index (χ0v) is 15.3. The zero-order chi connectivity index (χ0) is 18.7. The summed E-state index contributed by atoms with van der Waals surface area (Å²) in [4.78, 5) is 24.2. The predicted molar refractivity (Wildman–Crippen MR) is 97.0 cm³/mol. The van der Waals surface area contributed by atoms with E-state index < -0.39 is 11.7 Å². The lowest BCUT2D eigenvalue weighted by Crippen LogP contribution is -2.35. The Morgan fingerprint density at radius 1 is 1.23 bits per heavy atom. The zero-order valence-electron chi connectivity index (χ0n) is 13.8. The summed E-state index contributed by atoms with van der Waals surface area (Å²) >= 11 is 11.6. The fraction of sp³-hybridized carbons (Fsp3) is 0.353. The fourth-order valence-corrected chi connectivity index (χ4v) is 3.37. The summed E-state index contributed by atoms with van der Waals surface area (Å²) in [7, 11) is 0. The van der Waals surface area contributed by atoms with Gasteiger partial charge >= 0.3 is 0 Å². The number of nitrogens with one attached hydrogen (secondary N) is 2. The van der Waals surface area contributed by atoms with Crippen molar-refractivity contribution in [2.45, 2.75) is 38.3 Å².